The Kier molecular flexibility index (Phi) is 4.06. The number of imide groups is 1. The number of rotatable bonds is 3. The second-order valence-corrected chi connectivity index (χ2v) is 7.87. The van der Waals surface area contributed by atoms with E-state index in [-0.39, 0.29) is 24.1 Å². The van der Waals surface area contributed by atoms with Gasteiger partial charge in [0.25, 0.3) is 0 Å². The minimum atomic E-state index is -0.873. The first-order chi connectivity index (χ1) is 14.0. The van der Waals surface area contributed by atoms with Crippen molar-refractivity contribution in [3.63, 3.8) is 0 Å². The lowest BCUT2D eigenvalue weighted by atomic mass is 9.83. The van der Waals surface area contributed by atoms with E-state index in [1.54, 1.807) is 42.4 Å². The maximum absolute atomic E-state index is 13.5. The topological polar surface area (TPSA) is 70.1 Å². The summed E-state index contributed by atoms with van der Waals surface area (Å²) in [5, 5.41) is 6.48. The lowest BCUT2D eigenvalue weighted by molar-refractivity contribution is -0.141. The van der Waals surface area contributed by atoms with Crippen molar-refractivity contribution >= 4 is 35.4 Å². The second kappa shape index (κ2) is 6.52. The summed E-state index contributed by atoms with van der Waals surface area (Å²) in [4.78, 5) is 41.1. The van der Waals surface area contributed by atoms with Crippen molar-refractivity contribution in [2.75, 3.05) is 6.54 Å². The average Bonchev–Trinajstić information content (AvgIpc) is 3.20. The van der Waals surface area contributed by atoms with Gasteiger partial charge in [-0.25, -0.2) is 0 Å². The highest BCUT2D eigenvalue weighted by Crippen LogP contribution is 2.52. The number of benzene rings is 2. The van der Waals surface area contributed by atoms with Gasteiger partial charge in [-0.2, -0.15) is 5.10 Å². The minimum absolute atomic E-state index is 0.237. The molecular formula is C22H18ClN3O3. The largest absolute Gasteiger partial charge is 0.292 e. The Balaban J connectivity index is 1.68. The number of hydrazone groups is 1. The molecule has 0 unspecified atom stereocenters. The van der Waals surface area contributed by atoms with Gasteiger partial charge in [-0.15, -0.1) is 0 Å². The molecule has 7 heteroatoms. The van der Waals surface area contributed by atoms with Crippen LogP contribution in [0, 0.1) is 11.8 Å². The van der Waals surface area contributed by atoms with Gasteiger partial charge in [0.15, 0.2) is 5.78 Å². The molecule has 6 nitrogen and oxygen atoms in total. The Hall–Kier alpha value is -2.99. The number of fused-ring (bicyclic) bond motifs is 5. The number of nitrogens with zero attached hydrogens (tertiary/aromatic N) is 3. The SMILES string of the molecule is CCN1C(=O)[C@@H]2[C@H](C1=O)[C@H]1c3ccccc3C=NN1[C@H]2C(=O)c1ccccc1Cl. The van der Waals surface area contributed by atoms with E-state index in [0.29, 0.717) is 10.6 Å². The summed E-state index contributed by atoms with van der Waals surface area (Å²) in [6.07, 6.45) is 1.69. The van der Waals surface area contributed by atoms with Crippen LogP contribution < -0.4 is 0 Å². The van der Waals surface area contributed by atoms with Crippen LogP contribution in [-0.2, 0) is 9.59 Å². The molecule has 0 aromatic heterocycles. The molecule has 0 radical (unpaired) electrons. The fraction of sp³-hybridized carbons (Fsp3) is 0.273. The van der Waals surface area contributed by atoms with Crippen LogP contribution in [0.4, 0.5) is 0 Å². The van der Waals surface area contributed by atoms with E-state index in [2.05, 4.69) is 5.10 Å². The molecule has 0 spiro atoms. The zero-order valence-corrected chi connectivity index (χ0v) is 16.4. The van der Waals surface area contributed by atoms with Crippen LogP contribution in [0.5, 0.6) is 0 Å². The Morgan fingerprint density at radius 3 is 2.48 bits per heavy atom. The smallest absolute Gasteiger partial charge is 0.235 e. The molecule has 3 aliphatic rings. The first-order valence-corrected chi connectivity index (χ1v) is 9.97. The molecule has 29 heavy (non-hydrogen) atoms. The van der Waals surface area contributed by atoms with Gasteiger partial charge in [-0.3, -0.25) is 24.3 Å². The second-order valence-electron chi connectivity index (χ2n) is 7.46. The minimum Gasteiger partial charge on any atom is -0.292 e. The Morgan fingerprint density at radius 1 is 1.03 bits per heavy atom. The standard InChI is InChI=1S/C22H18ClN3O3/c1-2-25-21(28)16-17(22(25)29)19(20(27)14-9-5-6-10-15(14)23)26-18(16)13-8-4-3-7-12(13)11-24-26/h3-11,16-19H,2H2,1H3/t16-,17+,18+,19+/m0/s1. The summed E-state index contributed by atoms with van der Waals surface area (Å²) >= 11 is 6.28. The molecule has 2 saturated heterocycles. The van der Waals surface area contributed by atoms with Crippen LogP contribution in [0.3, 0.4) is 0 Å². The lowest BCUT2D eigenvalue weighted by Gasteiger charge is -2.33. The van der Waals surface area contributed by atoms with Gasteiger partial charge >= 0.3 is 0 Å². The van der Waals surface area contributed by atoms with Crippen LogP contribution >= 0.6 is 11.6 Å². The normalized spacial score (nSPS) is 27.1. The molecular weight excluding hydrogens is 390 g/mol. The number of hydrogen-bond donors (Lipinski definition) is 0. The molecule has 2 fully saturated rings. The molecule has 3 heterocycles. The van der Waals surface area contributed by atoms with Crippen LogP contribution in [0.25, 0.3) is 0 Å². The van der Waals surface area contributed by atoms with Crippen LogP contribution in [0.15, 0.2) is 53.6 Å². The van der Waals surface area contributed by atoms with E-state index < -0.39 is 23.9 Å². The molecule has 0 saturated carbocycles. The number of amides is 2. The van der Waals surface area contributed by atoms with E-state index >= 15 is 0 Å². The predicted molar refractivity (Wildman–Crippen MR) is 108 cm³/mol. The summed E-state index contributed by atoms with van der Waals surface area (Å²) in [6.45, 7) is 2.06. The zero-order valence-electron chi connectivity index (χ0n) is 15.7. The maximum atomic E-state index is 13.5. The maximum Gasteiger partial charge on any atom is 0.235 e. The average molecular weight is 408 g/mol. The van der Waals surface area contributed by atoms with Gasteiger partial charge in [-0.05, 0) is 30.2 Å². The fourth-order valence-corrected chi connectivity index (χ4v) is 5.09. The van der Waals surface area contributed by atoms with Gasteiger partial charge < -0.3 is 0 Å². The third kappa shape index (κ3) is 2.42. The molecule has 0 bridgehead atoms. The zero-order chi connectivity index (χ0) is 20.3. The molecule has 0 N–H and O–H groups in total. The molecule has 3 aliphatic heterocycles. The number of likely N-dealkylation sites (tertiary alicyclic amines) is 1. The Labute approximate surface area is 172 Å². The first kappa shape index (κ1) is 18.1. The van der Waals surface area contributed by atoms with E-state index in [9.17, 15) is 14.4 Å². The van der Waals surface area contributed by atoms with E-state index in [4.69, 9.17) is 11.6 Å². The number of hydrogen-bond acceptors (Lipinski definition) is 5. The van der Waals surface area contributed by atoms with Crippen molar-refractivity contribution in [2.24, 2.45) is 16.9 Å². The third-order valence-corrected chi connectivity index (χ3v) is 6.44. The van der Waals surface area contributed by atoms with Crippen molar-refractivity contribution in [3.8, 4) is 0 Å². The van der Waals surface area contributed by atoms with Gasteiger partial charge in [0.1, 0.15) is 6.04 Å². The van der Waals surface area contributed by atoms with Crippen molar-refractivity contribution in [1.82, 2.24) is 9.91 Å². The molecule has 5 rings (SSSR count). The summed E-state index contributed by atoms with van der Waals surface area (Å²) < 4.78 is 0. The van der Waals surface area contributed by atoms with Crippen molar-refractivity contribution in [1.29, 1.82) is 0 Å². The number of halogens is 1. The van der Waals surface area contributed by atoms with Crippen LogP contribution in [0.2, 0.25) is 5.02 Å². The van der Waals surface area contributed by atoms with Crippen LogP contribution in [0.1, 0.15) is 34.5 Å². The predicted octanol–water partition coefficient (Wildman–Crippen LogP) is 2.92. The highest BCUT2D eigenvalue weighted by molar-refractivity contribution is 6.34. The highest BCUT2D eigenvalue weighted by Gasteiger charge is 2.64. The first-order valence-electron chi connectivity index (χ1n) is 9.59. The van der Waals surface area contributed by atoms with Crippen LogP contribution in [-0.4, -0.2) is 46.3 Å². The van der Waals surface area contributed by atoms with Gasteiger partial charge in [0, 0.05) is 12.1 Å². The molecule has 2 aromatic rings. The quantitative estimate of drug-likeness (QED) is 0.579. The van der Waals surface area contributed by atoms with E-state index in [0.717, 1.165) is 11.1 Å². The van der Waals surface area contributed by atoms with E-state index in [1.165, 1.54) is 4.90 Å². The Morgan fingerprint density at radius 2 is 1.72 bits per heavy atom. The van der Waals surface area contributed by atoms with Gasteiger partial charge in [0.05, 0.1) is 29.1 Å². The Bertz CT molecular complexity index is 1080. The number of carbonyl (C=O) groups excluding carboxylic acids is 3. The van der Waals surface area contributed by atoms with Crippen molar-refractivity contribution in [3.05, 3.63) is 70.2 Å². The summed E-state index contributed by atoms with van der Waals surface area (Å²) in [6, 6.07) is 13.1. The number of carbonyl (C=O) groups is 3. The lowest BCUT2D eigenvalue weighted by Crippen LogP contribution is -2.44. The summed E-state index contributed by atoms with van der Waals surface area (Å²) in [5.74, 6) is -2.26. The molecule has 2 aromatic carbocycles. The number of Topliss-reactive ketones (excluding diaryl/α,β-unsaturated/α-hetero) is 1. The molecule has 0 aliphatic carbocycles. The van der Waals surface area contributed by atoms with Gasteiger partial charge in [-0.1, -0.05) is 48.0 Å². The molecule has 2 amide bonds. The third-order valence-electron chi connectivity index (χ3n) is 6.11. The molecule has 146 valence electrons. The van der Waals surface area contributed by atoms with Gasteiger partial charge in [0.2, 0.25) is 11.8 Å². The van der Waals surface area contributed by atoms with Crippen molar-refractivity contribution < 1.29 is 14.4 Å². The number of ketones is 1. The molecule has 4 atom stereocenters. The monoisotopic (exact) mass is 407 g/mol. The fourth-order valence-electron chi connectivity index (χ4n) is 4.86. The van der Waals surface area contributed by atoms with E-state index in [1.807, 2.05) is 24.3 Å². The highest BCUT2D eigenvalue weighted by atomic mass is 35.5. The van der Waals surface area contributed by atoms with Crippen molar-refractivity contribution in [2.45, 2.75) is 19.0 Å². The summed E-state index contributed by atoms with van der Waals surface area (Å²) in [5.41, 5.74) is 2.14. The summed E-state index contributed by atoms with van der Waals surface area (Å²) in [7, 11) is 0.